The molecule has 2 aromatic rings. The molecule has 1 aliphatic rings. The van der Waals surface area contributed by atoms with E-state index in [1.54, 1.807) is 19.1 Å². The lowest BCUT2D eigenvalue weighted by atomic mass is 9.86. The highest BCUT2D eigenvalue weighted by Crippen LogP contribution is 2.35. The van der Waals surface area contributed by atoms with E-state index in [1.165, 1.54) is 22.3 Å². The lowest BCUT2D eigenvalue weighted by Crippen LogP contribution is -3.14. The Morgan fingerprint density at radius 2 is 1.85 bits per heavy atom. The normalized spacial score (nSPS) is 20.3. The van der Waals surface area contributed by atoms with Crippen molar-refractivity contribution in [2.24, 2.45) is 0 Å². The second-order valence-electron chi connectivity index (χ2n) is 7.31. The van der Waals surface area contributed by atoms with Crippen LogP contribution in [0.25, 0.3) is 0 Å². The first kappa shape index (κ1) is 18.7. The smallest absolute Gasteiger partial charge is 0.166 e. The van der Waals surface area contributed by atoms with E-state index in [0.717, 1.165) is 37.4 Å². The number of fused-ring (bicyclic) bond motifs is 1. The molecule has 0 spiro atoms. The molecule has 0 bridgehead atoms. The molecular formula is C22H32N2O2+2. The Balaban J connectivity index is 2.00. The number of nitrogens with one attached hydrogen (secondary N) is 1. The minimum absolute atomic E-state index is 0.367. The van der Waals surface area contributed by atoms with Gasteiger partial charge >= 0.3 is 0 Å². The maximum atomic E-state index is 5.58. The van der Waals surface area contributed by atoms with Gasteiger partial charge in [-0.15, -0.1) is 0 Å². The molecule has 0 aromatic heterocycles. The molecule has 3 rings (SSSR count). The van der Waals surface area contributed by atoms with Crippen LogP contribution >= 0.6 is 0 Å². The summed E-state index contributed by atoms with van der Waals surface area (Å²) in [4.78, 5) is 1.60. The zero-order valence-corrected chi connectivity index (χ0v) is 16.5. The predicted molar refractivity (Wildman–Crippen MR) is 104 cm³/mol. The standard InChI is InChI=1S/C22H30N2O2/c1-5-19(23)22-18-13-21(26-4)20(25-3)12-16(18)10-11-24(22)14-17-9-7-6-8-15(17)2/h6-9,12-13,19,22H,5,10-11,14,23H2,1-4H3/p+2/t19-,22+/m0/s1. The maximum absolute atomic E-state index is 5.58. The Labute approximate surface area is 156 Å². The van der Waals surface area contributed by atoms with Crippen LogP contribution < -0.4 is 20.1 Å². The quantitative estimate of drug-likeness (QED) is 0.828. The Bertz CT molecular complexity index is 760. The van der Waals surface area contributed by atoms with E-state index in [2.05, 4.69) is 56.0 Å². The van der Waals surface area contributed by atoms with E-state index >= 15 is 0 Å². The van der Waals surface area contributed by atoms with E-state index in [-0.39, 0.29) is 0 Å². The monoisotopic (exact) mass is 356 g/mol. The van der Waals surface area contributed by atoms with Crippen molar-refractivity contribution in [3.05, 3.63) is 58.7 Å². The molecule has 4 nitrogen and oxygen atoms in total. The van der Waals surface area contributed by atoms with Crippen LogP contribution in [0.4, 0.5) is 0 Å². The molecule has 0 saturated carbocycles. The van der Waals surface area contributed by atoms with Crippen molar-refractivity contribution < 1.29 is 20.1 Å². The summed E-state index contributed by atoms with van der Waals surface area (Å²) in [5.41, 5.74) is 10.1. The summed E-state index contributed by atoms with van der Waals surface area (Å²) in [6, 6.07) is 13.8. The number of methoxy groups -OCH3 is 2. The number of aryl methyl sites for hydroxylation is 1. The van der Waals surface area contributed by atoms with Gasteiger partial charge in [0.2, 0.25) is 0 Å². The van der Waals surface area contributed by atoms with E-state index in [9.17, 15) is 0 Å². The molecule has 0 aliphatic carbocycles. The summed E-state index contributed by atoms with van der Waals surface area (Å²) in [5.74, 6) is 1.64. The summed E-state index contributed by atoms with van der Waals surface area (Å²) >= 11 is 0. The summed E-state index contributed by atoms with van der Waals surface area (Å²) in [7, 11) is 3.41. The summed E-state index contributed by atoms with van der Waals surface area (Å²) in [6.07, 6.45) is 2.12. The molecule has 140 valence electrons. The van der Waals surface area contributed by atoms with Crippen LogP contribution in [-0.2, 0) is 13.0 Å². The van der Waals surface area contributed by atoms with E-state index in [1.807, 2.05) is 0 Å². The Morgan fingerprint density at radius 3 is 2.50 bits per heavy atom. The number of hydrogen-bond acceptors (Lipinski definition) is 2. The maximum Gasteiger partial charge on any atom is 0.166 e. The van der Waals surface area contributed by atoms with Crippen molar-refractivity contribution >= 4 is 0 Å². The van der Waals surface area contributed by atoms with Crippen molar-refractivity contribution in [3.63, 3.8) is 0 Å². The SMILES string of the molecule is CC[C@H]([NH3+])[C@H]1c2cc(OC)c(OC)cc2CC[NH+]1Cc1ccccc1C. The van der Waals surface area contributed by atoms with Gasteiger partial charge < -0.3 is 20.1 Å². The van der Waals surface area contributed by atoms with Gasteiger partial charge in [-0.25, -0.2) is 0 Å². The minimum Gasteiger partial charge on any atom is -0.493 e. The van der Waals surface area contributed by atoms with Crippen molar-refractivity contribution in [1.82, 2.24) is 0 Å². The van der Waals surface area contributed by atoms with Crippen LogP contribution in [0.3, 0.4) is 0 Å². The number of hydrogen-bond donors (Lipinski definition) is 2. The molecule has 1 heterocycles. The molecular weight excluding hydrogens is 324 g/mol. The third-order valence-corrected chi connectivity index (χ3v) is 5.81. The second kappa shape index (κ2) is 8.11. The highest BCUT2D eigenvalue weighted by molar-refractivity contribution is 5.49. The van der Waals surface area contributed by atoms with Crippen LogP contribution in [-0.4, -0.2) is 26.8 Å². The highest BCUT2D eigenvalue weighted by atomic mass is 16.5. The first-order valence-corrected chi connectivity index (χ1v) is 9.56. The van der Waals surface area contributed by atoms with E-state index < -0.39 is 0 Å². The molecule has 0 saturated heterocycles. The van der Waals surface area contributed by atoms with E-state index in [0.29, 0.717) is 12.1 Å². The van der Waals surface area contributed by atoms with Crippen molar-refractivity contribution in [1.29, 1.82) is 0 Å². The zero-order valence-electron chi connectivity index (χ0n) is 16.5. The predicted octanol–water partition coefficient (Wildman–Crippen LogP) is 1.72. The van der Waals surface area contributed by atoms with Gasteiger partial charge in [0.25, 0.3) is 0 Å². The molecule has 1 unspecified atom stereocenters. The number of ether oxygens (including phenoxy) is 2. The van der Waals surface area contributed by atoms with Crippen molar-refractivity contribution in [2.45, 2.75) is 45.3 Å². The van der Waals surface area contributed by atoms with Gasteiger partial charge in [0.1, 0.15) is 12.6 Å². The van der Waals surface area contributed by atoms with Crippen LogP contribution in [0.5, 0.6) is 11.5 Å². The first-order chi connectivity index (χ1) is 12.6. The van der Waals surface area contributed by atoms with E-state index in [4.69, 9.17) is 9.47 Å². The van der Waals surface area contributed by atoms with Gasteiger partial charge in [-0.2, -0.15) is 0 Å². The minimum atomic E-state index is 0.367. The molecule has 0 fully saturated rings. The lowest BCUT2D eigenvalue weighted by molar-refractivity contribution is -0.957. The fraction of sp³-hybridized carbons (Fsp3) is 0.455. The first-order valence-electron chi connectivity index (χ1n) is 9.56. The number of benzene rings is 2. The van der Waals surface area contributed by atoms with Gasteiger partial charge in [0.15, 0.2) is 17.5 Å². The third-order valence-electron chi connectivity index (χ3n) is 5.81. The Kier molecular flexibility index (Phi) is 5.84. The van der Waals surface area contributed by atoms with Gasteiger partial charge in [-0.3, -0.25) is 0 Å². The second-order valence-corrected chi connectivity index (χ2v) is 7.31. The average Bonchev–Trinajstić information content (AvgIpc) is 2.67. The number of rotatable bonds is 6. The topological polar surface area (TPSA) is 50.5 Å². The highest BCUT2D eigenvalue weighted by Gasteiger charge is 2.38. The van der Waals surface area contributed by atoms with Gasteiger partial charge in [-0.05, 0) is 30.2 Å². The molecule has 1 aliphatic heterocycles. The summed E-state index contributed by atoms with van der Waals surface area (Å²) in [5, 5.41) is 0. The molecule has 0 amide bonds. The molecule has 2 aromatic carbocycles. The van der Waals surface area contributed by atoms with Crippen LogP contribution in [0.1, 0.15) is 41.6 Å². The van der Waals surface area contributed by atoms with Gasteiger partial charge in [0, 0.05) is 24.0 Å². The third kappa shape index (κ3) is 3.57. The van der Waals surface area contributed by atoms with Crippen molar-refractivity contribution in [3.8, 4) is 11.5 Å². The molecule has 3 atom stereocenters. The fourth-order valence-corrected chi connectivity index (χ4v) is 4.19. The van der Waals surface area contributed by atoms with Crippen LogP contribution in [0.15, 0.2) is 36.4 Å². The summed E-state index contributed by atoms with van der Waals surface area (Å²) in [6.45, 7) is 6.60. The molecule has 26 heavy (non-hydrogen) atoms. The molecule has 4 heteroatoms. The van der Waals surface area contributed by atoms with Gasteiger partial charge in [0.05, 0.1) is 20.8 Å². The summed E-state index contributed by atoms with van der Waals surface area (Å²) < 4.78 is 11.1. The average molecular weight is 357 g/mol. The molecule has 0 radical (unpaired) electrons. The zero-order chi connectivity index (χ0) is 18.7. The van der Waals surface area contributed by atoms with Crippen LogP contribution in [0, 0.1) is 6.92 Å². The van der Waals surface area contributed by atoms with Gasteiger partial charge in [-0.1, -0.05) is 31.2 Å². The Hall–Kier alpha value is -2.04. The van der Waals surface area contributed by atoms with Crippen LogP contribution in [0.2, 0.25) is 0 Å². The largest absolute Gasteiger partial charge is 0.493 e. The lowest BCUT2D eigenvalue weighted by Gasteiger charge is -2.36. The molecule has 4 N–H and O–H groups in total. The Morgan fingerprint density at radius 1 is 1.15 bits per heavy atom. The number of quaternary nitrogens is 2. The van der Waals surface area contributed by atoms with Crippen molar-refractivity contribution in [2.75, 3.05) is 20.8 Å². The fourth-order valence-electron chi connectivity index (χ4n) is 4.19.